The Balaban J connectivity index is 1.67. The largest absolute Gasteiger partial charge is 0.489 e. The standard InChI is InChI=1S/C19H14FNO3/c20-18-9-6-16(11-21-18)14-4-7-17(8-5-14)24-12-13-2-1-3-15(10-13)19(22)23/h1-11H,12H2,(H,22,23). The number of aromatic carboxylic acids is 1. The fourth-order valence-electron chi connectivity index (χ4n) is 2.25. The molecule has 0 bridgehead atoms. The first-order valence-electron chi connectivity index (χ1n) is 7.29. The number of hydrogen-bond donors (Lipinski definition) is 1. The number of carboxylic acid groups (broad SMARTS) is 1. The van der Waals surface area contributed by atoms with Gasteiger partial charge in [-0.05, 0) is 47.5 Å². The zero-order valence-corrected chi connectivity index (χ0v) is 12.6. The molecule has 24 heavy (non-hydrogen) atoms. The summed E-state index contributed by atoms with van der Waals surface area (Å²) in [6, 6.07) is 16.9. The summed E-state index contributed by atoms with van der Waals surface area (Å²) >= 11 is 0. The minimum absolute atomic E-state index is 0.232. The molecule has 0 fully saturated rings. The molecule has 0 aliphatic heterocycles. The Bertz CT molecular complexity index is 845. The molecule has 3 rings (SSSR count). The van der Waals surface area contributed by atoms with Crippen LogP contribution in [0.15, 0.2) is 66.9 Å². The molecule has 3 aromatic rings. The Labute approximate surface area is 138 Å². The molecule has 0 spiro atoms. The summed E-state index contributed by atoms with van der Waals surface area (Å²) in [7, 11) is 0. The average Bonchev–Trinajstić information content (AvgIpc) is 2.61. The molecule has 1 heterocycles. The van der Waals surface area contributed by atoms with Crippen LogP contribution in [0.25, 0.3) is 11.1 Å². The van der Waals surface area contributed by atoms with E-state index in [9.17, 15) is 9.18 Å². The molecule has 120 valence electrons. The van der Waals surface area contributed by atoms with E-state index in [0.29, 0.717) is 5.75 Å². The molecule has 0 aliphatic carbocycles. The number of rotatable bonds is 5. The van der Waals surface area contributed by atoms with Crippen LogP contribution < -0.4 is 4.74 Å². The topological polar surface area (TPSA) is 59.4 Å². The van der Waals surface area contributed by atoms with Gasteiger partial charge < -0.3 is 9.84 Å². The third kappa shape index (κ3) is 3.76. The van der Waals surface area contributed by atoms with E-state index in [0.717, 1.165) is 16.7 Å². The van der Waals surface area contributed by atoms with Gasteiger partial charge in [0.05, 0.1) is 5.56 Å². The van der Waals surface area contributed by atoms with E-state index in [1.807, 2.05) is 18.2 Å². The van der Waals surface area contributed by atoms with Gasteiger partial charge in [0.1, 0.15) is 12.4 Å². The molecule has 1 N–H and O–H groups in total. The van der Waals surface area contributed by atoms with Crippen molar-refractivity contribution in [2.24, 2.45) is 0 Å². The van der Waals surface area contributed by atoms with Crippen molar-refractivity contribution in [1.82, 2.24) is 4.98 Å². The van der Waals surface area contributed by atoms with Crippen LogP contribution >= 0.6 is 0 Å². The quantitative estimate of drug-likeness (QED) is 0.716. The third-order valence-corrected chi connectivity index (χ3v) is 3.49. The molecule has 1 aromatic heterocycles. The van der Waals surface area contributed by atoms with E-state index < -0.39 is 11.9 Å². The number of benzene rings is 2. The van der Waals surface area contributed by atoms with Crippen LogP contribution in [0, 0.1) is 5.95 Å². The molecule has 0 unspecified atom stereocenters. The number of pyridine rings is 1. The molecule has 0 aliphatic rings. The van der Waals surface area contributed by atoms with Crippen molar-refractivity contribution < 1.29 is 19.0 Å². The average molecular weight is 323 g/mol. The SMILES string of the molecule is O=C(O)c1cccc(COc2ccc(-c3ccc(F)nc3)cc2)c1. The molecule has 0 atom stereocenters. The summed E-state index contributed by atoms with van der Waals surface area (Å²) in [5, 5.41) is 8.98. The maximum Gasteiger partial charge on any atom is 0.335 e. The zero-order valence-electron chi connectivity index (χ0n) is 12.6. The van der Waals surface area contributed by atoms with Gasteiger partial charge in [-0.3, -0.25) is 0 Å². The normalized spacial score (nSPS) is 10.4. The number of halogens is 1. The van der Waals surface area contributed by atoms with Crippen LogP contribution in [-0.2, 0) is 6.61 Å². The van der Waals surface area contributed by atoms with E-state index in [4.69, 9.17) is 9.84 Å². The Morgan fingerprint density at radius 1 is 1.04 bits per heavy atom. The molecule has 4 nitrogen and oxygen atoms in total. The highest BCUT2D eigenvalue weighted by molar-refractivity contribution is 5.87. The summed E-state index contributed by atoms with van der Waals surface area (Å²) in [4.78, 5) is 14.6. The predicted molar refractivity (Wildman–Crippen MR) is 87.4 cm³/mol. The van der Waals surface area contributed by atoms with Crippen molar-refractivity contribution >= 4 is 5.97 Å². The fraction of sp³-hybridized carbons (Fsp3) is 0.0526. The van der Waals surface area contributed by atoms with Crippen LogP contribution in [-0.4, -0.2) is 16.1 Å². The van der Waals surface area contributed by atoms with Crippen LogP contribution in [0.3, 0.4) is 0 Å². The van der Waals surface area contributed by atoms with Crippen molar-refractivity contribution in [2.75, 3.05) is 0 Å². The molecule has 0 saturated carbocycles. The minimum atomic E-state index is -0.964. The van der Waals surface area contributed by atoms with Gasteiger partial charge in [0.25, 0.3) is 0 Å². The molecule has 5 heteroatoms. The van der Waals surface area contributed by atoms with E-state index >= 15 is 0 Å². The summed E-state index contributed by atoms with van der Waals surface area (Å²) in [5.74, 6) is -0.814. The molecule has 0 saturated heterocycles. The first-order chi connectivity index (χ1) is 11.6. The summed E-state index contributed by atoms with van der Waals surface area (Å²) in [6.07, 6.45) is 1.47. The lowest BCUT2D eigenvalue weighted by molar-refractivity contribution is 0.0696. The lowest BCUT2D eigenvalue weighted by Gasteiger charge is -2.08. The van der Waals surface area contributed by atoms with Crippen molar-refractivity contribution in [2.45, 2.75) is 6.61 Å². The maximum absolute atomic E-state index is 12.8. The van der Waals surface area contributed by atoms with Gasteiger partial charge in [-0.25, -0.2) is 9.78 Å². The van der Waals surface area contributed by atoms with Gasteiger partial charge in [0, 0.05) is 11.8 Å². The molecule has 2 aromatic carbocycles. The minimum Gasteiger partial charge on any atom is -0.489 e. The Morgan fingerprint density at radius 3 is 2.46 bits per heavy atom. The monoisotopic (exact) mass is 323 g/mol. The van der Waals surface area contributed by atoms with Crippen molar-refractivity contribution in [3.63, 3.8) is 0 Å². The van der Waals surface area contributed by atoms with Crippen LogP contribution in [0.1, 0.15) is 15.9 Å². The first-order valence-corrected chi connectivity index (χ1v) is 7.29. The summed E-state index contributed by atoms with van der Waals surface area (Å²) in [6.45, 7) is 0.276. The van der Waals surface area contributed by atoms with Crippen LogP contribution in [0.4, 0.5) is 4.39 Å². The number of carboxylic acids is 1. The second kappa shape index (κ2) is 6.91. The fourth-order valence-corrected chi connectivity index (χ4v) is 2.25. The van der Waals surface area contributed by atoms with E-state index in [-0.39, 0.29) is 12.2 Å². The first kappa shape index (κ1) is 15.7. The Kier molecular flexibility index (Phi) is 4.52. The lowest BCUT2D eigenvalue weighted by Crippen LogP contribution is -2.00. The Morgan fingerprint density at radius 2 is 1.79 bits per heavy atom. The molecule has 0 amide bonds. The van der Waals surface area contributed by atoms with Gasteiger partial charge in [0.15, 0.2) is 0 Å². The summed E-state index contributed by atoms with van der Waals surface area (Å²) < 4.78 is 18.5. The van der Waals surface area contributed by atoms with Crippen molar-refractivity contribution in [1.29, 1.82) is 0 Å². The number of nitrogens with zero attached hydrogens (tertiary/aromatic N) is 1. The molecule has 0 radical (unpaired) electrons. The lowest BCUT2D eigenvalue weighted by atomic mass is 10.1. The molecular weight excluding hydrogens is 309 g/mol. The van der Waals surface area contributed by atoms with E-state index in [1.165, 1.54) is 18.3 Å². The van der Waals surface area contributed by atoms with E-state index in [1.54, 1.807) is 30.3 Å². The van der Waals surface area contributed by atoms with Crippen molar-refractivity contribution in [3.05, 3.63) is 83.9 Å². The number of aromatic nitrogens is 1. The van der Waals surface area contributed by atoms with Crippen LogP contribution in [0.5, 0.6) is 5.75 Å². The highest BCUT2D eigenvalue weighted by Crippen LogP contribution is 2.22. The summed E-state index contributed by atoms with van der Waals surface area (Å²) in [5.41, 5.74) is 2.73. The zero-order chi connectivity index (χ0) is 16.9. The second-order valence-electron chi connectivity index (χ2n) is 5.19. The van der Waals surface area contributed by atoms with Gasteiger partial charge >= 0.3 is 5.97 Å². The van der Waals surface area contributed by atoms with Gasteiger partial charge in [0.2, 0.25) is 5.95 Å². The van der Waals surface area contributed by atoms with Crippen LogP contribution in [0.2, 0.25) is 0 Å². The third-order valence-electron chi connectivity index (χ3n) is 3.49. The van der Waals surface area contributed by atoms with Gasteiger partial charge in [-0.2, -0.15) is 4.39 Å². The highest BCUT2D eigenvalue weighted by atomic mass is 19.1. The predicted octanol–water partition coefficient (Wildman–Crippen LogP) is 4.16. The van der Waals surface area contributed by atoms with Gasteiger partial charge in [-0.1, -0.05) is 24.3 Å². The van der Waals surface area contributed by atoms with Gasteiger partial charge in [-0.15, -0.1) is 0 Å². The highest BCUT2D eigenvalue weighted by Gasteiger charge is 2.04. The number of hydrogen-bond acceptors (Lipinski definition) is 3. The second-order valence-corrected chi connectivity index (χ2v) is 5.19. The van der Waals surface area contributed by atoms with E-state index in [2.05, 4.69) is 4.98 Å². The molecular formula is C19H14FNO3. The number of carbonyl (C=O) groups is 1. The maximum atomic E-state index is 12.8. The smallest absolute Gasteiger partial charge is 0.335 e. The Hall–Kier alpha value is -3.21. The number of ether oxygens (including phenoxy) is 1. The van der Waals surface area contributed by atoms with Crippen molar-refractivity contribution in [3.8, 4) is 16.9 Å².